The van der Waals surface area contributed by atoms with E-state index < -0.39 is 22.0 Å². The molecule has 0 saturated carbocycles. The van der Waals surface area contributed by atoms with Gasteiger partial charge >= 0.3 is 0 Å². The summed E-state index contributed by atoms with van der Waals surface area (Å²) in [5, 5.41) is 2.90. The molecule has 0 heterocycles. The second-order valence-corrected chi connectivity index (χ2v) is 9.95. The van der Waals surface area contributed by atoms with Gasteiger partial charge in [-0.15, -0.1) is 0 Å². The summed E-state index contributed by atoms with van der Waals surface area (Å²) in [6, 6.07) is 23.5. The lowest BCUT2D eigenvalue weighted by atomic mass is 10.2. The van der Waals surface area contributed by atoms with E-state index in [2.05, 4.69) is 5.32 Å². The fraction of sp³-hybridized carbons (Fsp3) is 0.174. The molecule has 0 fully saturated rings. The number of hydrogen-bond acceptors (Lipinski definition) is 4. The van der Waals surface area contributed by atoms with Crippen LogP contribution in [0.5, 0.6) is 0 Å². The molecule has 0 saturated heterocycles. The molecule has 156 valence electrons. The first kappa shape index (κ1) is 21.9. The van der Waals surface area contributed by atoms with Crippen molar-refractivity contribution in [2.45, 2.75) is 29.7 Å². The normalized spacial score (nSPS) is 12.2. The van der Waals surface area contributed by atoms with Crippen LogP contribution in [-0.4, -0.2) is 26.6 Å². The van der Waals surface area contributed by atoms with Crippen molar-refractivity contribution < 1.29 is 13.2 Å². The average molecular weight is 441 g/mol. The molecule has 0 unspecified atom stereocenters. The van der Waals surface area contributed by atoms with Gasteiger partial charge in [-0.2, -0.15) is 0 Å². The largest absolute Gasteiger partial charge is 0.323 e. The summed E-state index contributed by atoms with van der Waals surface area (Å²) in [5.41, 5.74) is 2.11. The Morgan fingerprint density at radius 2 is 1.53 bits per heavy atom. The summed E-state index contributed by atoms with van der Waals surface area (Å²) in [6.07, 6.45) is 1.11. The topological polar surface area (TPSA) is 66.5 Å². The van der Waals surface area contributed by atoms with Gasteiger partial charge in [-0.05, 0) is 50.2 Å². The Labute approximate surface area is 182 Å². The van der Waals surface area contributed by atoms with Crippen molar-refractivity contribution >= 4 is 39.1 Å². The highest BCUT2D eigenvalue weighted by molar-refractivity contribution is 7.99. The number of carbonyl (C=O) groups excluding carboxylic acids is 1. The zero-order chi connectivity index (χ0) is 21.7. The number of amides is 1. The molecule has 1 N–H and O–H groups in total. The molecule has 3 rings (SSSR count). The number of hydrogen-bond donors (Lipinski definition) is 1. The van der Waals surface area contributed by atoms with Crippen LogP contribution in [0.4, 0.5) is 11.4 Å². The number of nitrogens with one attached hydrogen (secondary N) is 1. The van der Waals surface area contributed by atoms with Gasteiger partial charge in [-0.1, -0.05) is 59.8 Å². The Balaban J connectivity index is 1.85. The molecule has 7 heteroatoms. The quantitative estimate of drug-likeness (QED) is 0.565. The Bertz CT molecular complexity index is 1110. The molecule has 1 amide bonds. The summed E-state index contributed by atoms with van der Waals surface area (Å²) in [4.78, 5) is 14.9. The van der Waals surface area contributed by atoms with E-state index in [0.717, 1.165) is 25.9 Å². The molecular formula is C23H24N2O3S2. The van der Waals surface area contributed by atoms with Crippen LogP contribution in [0.15, 0.2) is 88.7 Å². The highest BCUT2D eigenvalue weighted by Crippen LogP contribution is 2.33. The molecule has 0 aliphatic rings. The van der Waals surface area contributed by atoms with Crippen LogP contribution in [0.1, 0.15) is 12.5 Å². The van der Waals surface area contributed by atoms with E-state index in [4.69, 9.17) is 0 Å². The third kappa shape index (κ3) is 5.43. The minimum atomic E-state index is -3.66. The number of carbonyl (C=O) groups is 1. The van der Waals surface area contributed by atoms with Crippen LogP contribution in [0, 0.1) is 6.92 Å². The van der Waals surface area contributed by atoms with E-state index in [1.165, 1.54) is 11.8 Å². The average Bonchev–Trinajstić information content (AvgIpc) is 2.71. The first-order valence-corrected chi connectivity index (χ1v) is 12.1. The Hall–Kier alpha value is -2.77. The molecule has 0 bridgehead atoms. The maximum atomic E-state index is 13.0. The third-order valence-electron chi connectivity index (χ3n) is 4.49. The van der Waals surface area contributed by atoms with Crippen molar-refractivity contribution in [3.8, 4) is 0 Å². The van der Waals surface area contributed by atoms with Gasteiger partial charge in [0.15, 0.2) is 0 Å². The lowest BCUT2D eigenvalue weighted by molar-refractivity contribution is -0.116. The molecule has 0 aliphatic heterocycles. The van der Waals surface area contributed by atoms with E-state index in [1.54, 1.807) is 19.1 Å². The third-order valence-corrected chi connectivity index (χ3v) is 6.82. The molecule has 5 nitrogen and oxygen atoms in total. The predicted molar refractivity (Wildman–Crippen MR) is 124 cm³/mol. The van der Waals surface area contributed by atoms with Gasteiger partial charge in [0, 0.05) is 9.79 Å². The van der Waals surface area contributed by atoms with Crippen LogP contribution in [0.2, 0.25) is 0 Å². The molecule has 0 aliphatic carbocycles. The van der Waals surface area contributed by atoms with Gasteiger partial charge < -0.3 is 5.32 Å². The fourth-order valence-electron chi connectivity index (χ4n) is 3.01. The minimum Gasteiger partial charge on any atom is -0.323 e. The number of anilines is 2. The van der Waals surface area contributed by atoms with Crippen molar-refractivity contribution in [1.82, 2.24) is 0 Å². The molecule has 0 aromatic heterocycles. The first-order valence-electron chi connectivity index (χ1n) is 9.44. The molecule has 0 radical (unpaired) electrons. The highest BCUT2D eigenvalue weighted by atomic mass is 32.2. The first-order chi connectivity index (χ1) is 14.3. The number of sulfonamides is 1. The van der Waals surface area contributed by atoms with Crippen molar-refractivity contribution in [2.75, 3.05) is 15.9 Å². The van der Waals surface area contributed by atoms with E-state index >= 15 is 0 Å². The molecule has 0 spiro atoms. The standard InChI is InChI=1S/C23H24N2O3S2/c1-17-13-15-19(16-14-17)25(30(3,27)28)18(2)23(26)24-21-11-7-8-12-22(21)29-20-9-5-4-6-10-20/h4-16,18H,1-3H3,(H,24,26)/t18-/m1/s1. The van der Waals surface area contributed by atoms with E-state index in [9.17, 15) is 13.2 Å². The van der Waals surface area contributed by atoms with Gasteiger partial charge in [0.25, 0.3) is 0 Å². The number of nitrogens with zero attached hydrogens (tertiary/aromatic N) is 1. The summed E-state index contributed by atoms with van der Waals surface area (Å²) >= 11 is 1.53. The Morgan fingerprint density at radius 1 is 0.933 bits per heavy atom. The summed E-state index contributed by atoms with van der Waals surface area (Å²) in [7, 11) is -3.66. The monoisotopic (exact) mass is 440 g/mol. The Kier molecular flexibility index (Phi) is 6.84. The lowest BCUT2D eigenvalue weighted by Gasteiger charge is -2.28. The zero-order valence-electron chi connectivity index (χ0n) is 17.1. The van der Waals surface area contributed by atoms with Crippen LogP contribution >= 0.6 is 11.8 Å². The lowest BCUT2D eigenvalue weighted by Crippen LogP contribution is -2.45. The maximum Gasteiger partial charge on any atom is 0.248 e. The second-order valence-electron chi connectivity index (χ2n) is 6.97. The van der Waals surface area contributed by atoms with Crippen LogP contribution < -0.4 is 9.62 Å². The summed E-state index contributed by atoms with van der Waals surface area (Å²) in [5.74, 6) is -0.401. The summed E-state index contributed by atoms with van der Waals surface area (Å²) < 4.78 is 26.1. The van der Waals surface area contributed by atoms with Gasteiger partial charge in [-0.25, -0.2) is 8.42 Å². The van der Waals surface area contributed by atoms with Crippen molar-refractivity contribution in [1.29, 1.82) is 0 Å². The van der Waals surface area contributed by atoms with E-state index in [-0.39, 0.29) is 0 Å². The molecule has 1 atom stereocenters. The maximum absolute atomic E-state index is 13.0. The van der Waals surface area contributed by atoms with Crippen molar-refractivity contribution in [3.63, 3.8) is 0 Å². The van der Waals surface area contributed by atoms with Crippen LogP contribution in [-0.2, 0) is 14.8 Å². The minimum absolute atomic E-state index is 0.401. The zero-order valence-corrected chi connectivity index (χ0v) is 18.7. The fourth-order valence-corrected chi connectivity index (χ4v) is 5.11. The molecule has 3 aromatic rings. The number of rotatable bonds is 7. The summed E-state index contributed by atoms with van der Waals surface area (Å²) in [6.45, 7) is 3.51. The molecule has 30 heavy (non-hydrogen) atoms. The molecule has 3 aromatic carbocycles. The highest BCUT2D eigenvalue weighted by Gasteiger charge is 2.29. The van der Waals surface area contributed by atoms with Gasteiger partial charge in [0.05, 0.1) is 17.6 Å². The van der Waals surface area contributed by atoms with E-state index in [1.807, 2.05) is 73.7 Å². The van der Waals surface area contributed by atoms with Gasteiger partial charge in [0.2, 0.25) is 15.9 Å². The van der Waals surface area contributed by atoms with Crippen LogP contribution in [0.25, 0.3) is 0 Å². The predicted octanol–water partition coefficient (Wildman–Crippen LogP) is 4.94. The van der Waals surface area contributed by atoms with Crippen LogP contribution in [0.3, 0.4) is 0 Å². The smallest absolute Gasteiger partial charge is 0.248 e. The van der Waals surface area contributed by atoms with Gasteiger partial charge in [0.1, 0.15) is 6.04 Å². The number of benzene rings is 3. The van der Waals surface area contributed by atoms with Crippen molar-refractivity contribution in [3.05, 3.63) is 84.4 Å². The van der Waals surface area contributed by atoms with E-state index in [0.29, 0.717) is 11.4 Å². The number of aryl methyl sites for hydroxylation is 1. The van der Waals surface area contributed by atoms with Gasteiger partial charge in [-0.3, -0.25) is 9.10 Å². The molecular weight excluding hydrogens is 416 g/mol. The number of para-hydroxylation sites is 1. The van der Waals surface area contributed by atoms with Crippen molar-refractivity contribution in [2.24, 2.45) is 0 Å². The SMILES string of the molecule is Cc1ccc(N([C@H](C)C(=O)Nc2ccccc2Sc2ccccc2)S(C)(=O)=O)cc1. The Morgan fingerprint density at radius 3 is 2.17 bits per heavy atom. The second kappa shape index (κ2) is 9.36.